The quantitative estimate of drug-likeness (QED) is 0.157. The molecule has 274 valence electrons. The van der Waals surface area contributed by atoms with Gasteiger partial charge in [-0.2, -0.15) is 0 Å². The number of aryl methyl sites for hydroxylation is 1. The third-order valence-corrected chi connectivity index (χ3v) is 9.84. The number of carbonyl (C=O) groups excluding carboxylic acids is 3. The molecular weight excluding hydrogens is 634 g/mol. The van der Waals surface area contributed by atoms with Crippen LogP contribution >= 0.6 is 0 Å². The number of nitrogens with zero attached hydrogens (tertiary/aromatic N) is 2. The third-order valence-electron chi connectivity index (χ3n) is 9.84. The number of benzene rings is 1. The molecule has 1 aliphatic heterocycles. The molecule has 4 rings (SSSR count). The van der Waals surface area contributed by atoms with E-state index >= 15 is 0 Å². The highest BCUT2D eigenvalue weighted by molar-refractivity contribution is 5.95. The van der Waals surface area contributed by atoms with Crippen LogP contribution in [0, 0.1) is 12.8 Å². The lowest BCUT2D eigenvalue weighted by molar-refractivity contribution is -0.141. The van der Waals surface area contributed by atoms with Crippen LogP contribution in [0.5, 0.6) is 11.5 Å². The first kappa shape index (κ1) is 39.6. The summed E-state index contributed by atoms with van der Waals surface area (Å²) in [6, 6.07) is 3.20. The number of hydrogen-bond acceptors (Lipinski definition) is 10. The first-order valence-corrected chi connectivity index (χ1v) is 17.1. The fourth-order valence-corrected chi connectivity index (χ4v) is 6.84. The van der Waals surface area contributed by atoms with Gasteiger partial charge in [-0.05, 0) is 76.2 Å². The molecule has 14 heteroatoms. The van der Waals surface area contributed by atoms with Crippen molar-refractivity contribution >= 4 is 23.9 Å². The number of piperidine rings is 1. The molecule has 1 aromatic rings. The second-order valence-electron chi connectivity index (χ2n) is 13.4. The first-order chi connectivity index (χ1) is 23.2. The second-order valence-corrected chi connectivity index (χ2v) is 13.4. The molecule has 7 N–H and O–H groups in total. The van der Waals surface area contributed by atoms with Crippen LogP contribution in [0.4, 0.5) is 4.79 Å². The van der Waals surface area contributed by atoms with E-state index in [1.807, 2.05) is 19.9 Å². The highest BCUT2D eigenvalue weighted by atomic mass is 16.6. The van der Waals surface area contributed by atoms with Gasteiger partial charge in [0.05, 0.1) is 19.3 Å². The Morgan fingerprint density at radius 3 is 2.47 bits per heavy atom. The summed E-state index contributed by atoms with van der Waals surface area (Å²) < 4.78 is 11.5. The molecule has 0 radical (unpaired) electrons. The Bertz CT molecular complexity index is 1360. The zero-order chi connectivity index (χ0) is 36.4. The standard InChI is InChI=1S/C31H44N4O9.C4H11N/c1-19-5-8-23(36)28(43-4)27(19)30-11-13-35(18-21-6-7-21)20(2)31(30,42)10-9-22(16-30)44-29(41)34(3)14-12-32-25(38)17-33-24(37)15-26(39)40;1-2-3-4-5/h5,8-9,20-21,36,42H,6-7,10-18H2,1-4H3,(H,32,38)(H,33,37)(H,39,40);2-5H2,1H3/t20?,30-,31?;/m1./s1. The van der Waals surface area contributed by atoms with Crippen LogP contribution < -0.4 is 21.1 Å². The van der Waals surface area contributed by atoms with Crippen molar-refractivity contribution in [1.82, 2.24) is 20.4 Å². The summed E-state index contributed by atoms with van der Waals surface area (Å²) in [4.78, 5) is 50.7. The summed E-state index contributed by atoms with van der Waals surface area (Å²) in [5.41, 5.74) is 4.59. The number of aliphatic carboxylic acids is 1. The molecule has 49 heavy (non-hydrogen) atoms. The Kier molecular flexibility index (Phi) is 14.3. The highest BCUT2D eigenvalue weighted by Crippen LogP contribution is 2.58. The van der Waals surface area contributed by atoms with Gasteiger partial charge < -0.3 is 46.1 Å². The van der Waals surface area contributed by atoms with Gasteiger partial charge in [0.25, 0.3) is 0 Å². The molecule has 3 aliphatic rings. The van der Waals surface area contributed by atoms with Crippen molar-refractivity contribution in [1.29, 1.82) is 0 Å². The number of hydrogen-bond donors (Lipinski definition) is 6. The van der Waals surface area contributed by atoms with Crippen molar-refractivity contribution in [2.24, 2.45) is 11.7 Å². The summed E-state index contributed by atoms with van der Waals surface area (Å²) in [6.07, 6.45) is 6.22. The number of likely N-dealkylation sites (tertiary alicyclic amines) is 1. The van der Waals surface area contributed by atoms with Crippen LogP contribution in [0.2, 0.25) is 0 Å². The van der Waals surface area contributed by atoms with E-state index < -0.39 is 41.3 Å². The third kappa shape index (κ3) is 9.86. The zero-order valence-corrected chi connectivity index (χ0v) is 29.5. The number of ether oxygens (including phenoxy) is 2. The molecule has 3 atom stereocenters. The summed E-state index contributed by atoms with van der Waals surface area (Å²) in [6.45, 7) is 8.42. The first-order valence-electron chi connectivity index (χ1n) is 17.1. The fraction of sp³-hybridized carbons (Fsp3) is 0.657. The molecule has 3 amide bonds. The Morgan fingerprint density at radius 2 is 1.88 bits per heavy atom. The van der Waals surface area contributed by atoms with E-state index in [0.29, 0.717) is 29.4 Å². The van der Waals surface area contributed by atoms with Gasteiger partial charge >= 0.3 is 12.1 Å². The van der Waals surface area contributed by atoms with Gasteiger partial charge in [-0.3, -0.25) is 19.3 Å². The summed E-state index contributed by atoms with van der Waals surface area (Å²) in [7, 11) is 3.02. The number of methoxy groups -OCH3 is 1. The lowest BCUT2D eigenvalue weighted by Crippen LogP contribution is -2.69. The van der Waals surface area contributed by atoms with Crippen LogP contribution in [0.3, 0.4) is 0 Å². The van der Waals surface area contributed by atoms with Crippen molar-refractivity contribution in [2.45, 2.75) is 89.2 Å². The number of nitrogens with two attached hydrogens (primary N) is 1. The lowest BCUT2D eigenvalue weighted by Gasteiger charge is -2.59. The van der Waals surface area contributed by atoms with Gasteiger partial charge in [0, 0.05) is 56.5 Å². The number of carboxylic acid groups (broad SMARTS) is 1. The van der Waals surface area contributed by atoms with E-state index in [-0.39, 0.29) is 44.3 Å². The largest absolute Gasteiger partial charge is 0.504 e. The molecular formula is C35H55N5O9. The molecule has 2 fully saturated rings. The van der Waals surface area contributed by atoms with E-state index in [1.54, 1.807) is 12.1 Å². The summed E-state index contributed by atoms with van der Waals surface area (Å²) >= 11 is 0. The normalized spacial score (nSPS) is 23.2. The van der Waals surface area contributed by atoms with Crippen LogP contribution in [0.15, 0.2) is 24.0 Å². The average molecular weight is 690 g/mol. The van der Waals surface area contributed by atoms with E-state index in [2.05, 4.69) is 22.5 Å². The van der Waals surface area contributed by atoms with E-state index in [4.69, 9.17) is 20.3 Å². The topological polar surface area (TPSA) is 204 Å². The summed E-state index contributed by atoms with van der Waals surface area (Å²) in [5, 5.41) is 36.7. The maximum Gasteiger partial charge on any atom is 0.414 e. The minimum Gasteiger partial charge on any atom is -0.504 e. The number of aromatic hydroxyl groups is 1. The monoisotopic (exact) mass is 689 g/mol. The molecule has 0 bridgehead atoms. The number of nitrogens with one attached hydrogen (secondary N) is 2. The Balaban J connectivity index is 0.00000121. The van der Waals surface area contributed by atoms with Crippen LogP contribution in [0.1, 0.15) is 76.3 Å². The zero-order valence-electron chi connectivity index (χ0n) is 29.5. The number of phenolic OH excluding ortho intramolecular Hbond substituents is 1. The van der Waals surface area contributed by atoms with Crippen molar-refractivity contribution < 1.29 is 44.0 Å². The highest BCUT2D eigenvalue weighted by Gasteiger charge is 2.61. The van der Waals surface area contributed by atoms with Crippen molar-refractivity contribution in [2.75, 3.05) is 53.4 Å². The van der Waals surface area contributed by atoms with Crippen molar-refractivity contribution in [3.8, 4) is 11.5 Å². The number of likely N-dealkylation sites (N-methyl/N-ethyl adjacent to an activating group) is 1. The smallest absolute Gasteiger partial charge is 0.414 e. The molecule has 1 saturated carbocycles. The second kappa shape index (κ2) is 17.7. The minimum atomic E-state index is -1.29. The van der Waals surface area contributed by atoms with Gasteiger partial charge in [-0.15, -0.1) is 0 Å². The van der Waals surface area contributed by atoms with Gasteiger partial charge in [-0.1, -0.05) is 19.4 Å². The number of phenols is 1. The van der Waals surface area contributed by atoms with Crippen LogP contribution in [-0.4, -0.2) is 114 Å². The number of allylic oxidation sites excluding steroid dienone is 1. The molecule has 0 spiro atoms. The van der Waals surface area contributed by atoms with Gasteiger partial charge in [0.15, 0.2) is 11.5 Å². The van der Waals surface area contributed by atoms with Crippen molar-refractivity contribution in [3.63, 3.8) is 0 Å². The number of carbonyl (C=O) groups is 4. The van der Waals surface area contributed by atoms with E-state index in [9.17, 15) is 29.4 Å². The molecule has 1 saturated heterocycles. The molecule has 0 aromatic heterocycles. The van der Waals surface area contributed by atoms with Crippen LogP contribution in [-0.2, 0) is 24.5 Å². The minimum absolute atomic E-state index is 0.0192. The number of carboxylic acids is 1. The molecule has 1 heterocycles. The number of unbranched alkanes of at least 4 members (excludes halogenated alkanes) is 1. The Hall–Kier alpha value is -3.88. The Labute approximate surface area is 289 Å². The number of amides is 3. The predicted octanol–water partition coefficient (Wildman–Crippen LogP) is 2.38. The van der Waals surface area contributed by atoms with Gasteiger partial charge in [0.1, 0.15) is 12.2 Å². The molecule has 14 nitrogen and oxygen atoms in total. The number of rotatable bonds is 14. The lowest BCUT2D eigenvalue weighted by atomic mass is 9.54. The maximum absolute atomic E-state index is 13.1. The van der Waals surface area contributed by atoms with Gasteiger partial charge in [0.2, 0.25) is 11.8 Å². The SMILES string of the molecule is CCCCN.COc1c(O)ccc(C)c1[C@]12CCN(CC3CC3)C(C)C1(O)CC=C(OC(=O)N(C)CCNC(=O)CNC(=O)CC(=O)O)C2. The number of fused-ring (bicyclic) bond motifs is 1. The molecule has 2 unspecified atom stereocenters. The van der Waals surface area contributed by atoms with Crippen molar-refractivity contribution in [3.05, 3.63) is 35.1 Å². The summed E-state index contributed by atoms with van der Waals surface area (Å²) in [5.74, 6) is -1.25. The Morgan fingerprint density at radius 1 is 1.16 bits per heavy atom. The average Bonchev–Trinajstić information content (AvgIpc) is 3.88. The molecule has 1 aromatic carbocycles. The van der Waals surface area contributed by atoms with E-state index in [1.165, 1.54) is 44.7 Å². The maximum atomic E-state index is 13.1. The molecule has 2 aliphatic carbocycles. The number of aliphatic hydroxyl groups is 1. The van der Waals surface area contributed by atoms with Gasteiger partial charge in [-0.25, -0.2) is 4.79 Å². The predicted molar refractivity (Wildman–Crippen MR) is 183 cm³/mol. The fourth-order valence-electron chi connectivity index (χ4n) is 6.84. The van der Waals surface area contributed by atoms with E-state index in [0.717, 1.165) is 25.2 Å². The van der Waals surface area contributed by atoms with Crippen LogP contribution in [0.25, 0.3) is 0 Å².